The van der Waals surface area contributed by atoms with Crippen molar-refractivity contribution in [3.05, 3.63) is 46.1 Å². The van der Waals surface area contributed by atoms with E-state index in [0.29, 0.717) is 5.56 Å². The highest BCUT2D eigenvalue weighted by Crippen LogP contribution is 2.33. The molecule has 8 nitrogen and oxygen atoms in total. The van der Waals surface area contributed by atoms with E-state index < -0.39 is 26.8 Å². The monoisotopic (exact) mass is 405 g/mol. The molecule has 1 aromatic heterocycles. The van der Waals surface area contributed by atoms with Gasteiger partial charge >= 0.3 is 17.3 Å². The molecule has 2 atom stereocenters. The number of ether oxygens (including phenoxy) is 2. The van der Waals surface area contributed by atoms with Gasteiger partial charge in [-0.2, -0.15) is 0 Å². The van der Waals surface area contributed by atoms with Gasteiger partial charge in [-0.15, -0.1) is 13.2 Å². The van der Waals surface area contributed by atoms with Gasteiger partial charge in [0.15, 0.2) is 0 Å². The molecular weight excluding hydrogens is 391 g/mol. The topological polar surface area (TPSA) is 96.5 Å². The maximum atomic E-state index is 12.6. The summed E-state index contributed by atoms with van der Waals surface area (Å²) in [6.45, 7) is 2.14. The van der Waals surface area contributed by atoms with Crippen molar-refractivity contribution in [2.75, 3.05) is 6.61 Å². The zero-order valence-corrected chi connectivity index (χ0v) is 14.7. The van der Waals surface area contributed by atoms with Gasteiger partial charge in [-0.05, 0) is 34.5 Å². The second kappa shape index (κ2) is 6.93. The van der Waals surface area contributed by atoms with Gasteiger partial charge in [-0.25, -0.2) is 4.21 Å². The van der Waals surface area contributed by atoms with Gasteiger partial charge < -0.3 is 19.6 Å². The average Bonchev–Trinajstić information content (AvgIpc) is 3.06. The van der Waals surface area contributed by atoms with Crippen molar-refractivity contribution in [1.29, 1.82) is 0 Å². The van der Waals surface area contributed by atoms with E-state index in [4.69, 9.17) is 4.74 Å². The number of halogens is 3. The van der Waals surface area contributed by atoms with E-state index in [1.54, 1.807) is 6.92 Å². The fraction of sp³-hybridized carbons (Fsp3) is 0.400. The molecule has 0 bridgehead atoms. The van der Waals surface area contributed by atoms with Gasteiger partial charge in [0.25, 0.3) is 0 Å². The van der Waals surface area contributed by atoms with Gasteiger partial charge in [0, 0.05) is 6.54 Å². The Morgan fingerprint density at radius 1 is 1.37 bits per heavy atom. The molecule has 146 valence electrons. The van der Waals surface area contributed by atoms with Gasteiger partial charge in [0.05, 0.1) is 18.0 Å². The van der Waals surface area contributed by atoms with Gasteiger partial charge in [-0.3, -0.25) is 4.57 Å². The van der Waals surface area contributed by atoms with Crippen LogP contribution in [-0.2, 0) is 28.7 Å². The smallest absolute Gasteiger partial charge is 0.406 e. The predicted octanol–water partition coefficient (Wildman–Crippen LogP) is 2.79. The van der Waals surface area contributed by atoms with Crippen LogP contribution in [0, 0.1) is 10.1 Å². The van der Waals surface area contributed by atoms with Crippen LogP contribution in [0.1, 0.15) is 12.5 Å². The maximum Gasteiger partial charge on any atom is 0.573 e. The molecule has 3 rings (SSSR count). The molecule has 0 saturated carbocycles. The third-order valence-electron chi connectivity index (χ3n) is 3.87. The van der Waals surface area contributed by atoms with Crippen LogP contribution in [0.3, 0.4) is 0 Å². The lowest BCUT2D eigenvalue weighted by atomic mass is 10.2. The number of nitrogens with zero attached hydrogens (tertiary/aromatic N) is 3. The SMILES string of the molecule is CC1(COCc2ccc(OC(F)(F)F)cc2)Cn2cc([N+](=O)[O-])nc2S1=O. The summed E-state index contributed by atoms with van der Waals surface area (Å²) in [5.41, 5.74) is 0.616. The third kappa shape index (κ3) is 4.27. The van der Waals surface area contributed by atoms with Gasteiger partial charge in [0.1, 0.15) is 22.7 Å². The molecule has 12 heteroatoms. The normalized spacial score (nSPS) is 21.9. The first-order valence-electron chi connectivity index (χ1n) is 7.63. The van der Waals surface area contributed by atoms with Crippen molar-refractivity contribution in [3.63, 3.8) is 0 Å². The molecule has 2 aromatic rings. The first-order chi connectivity index (χ1) is 12.6. The Balaban J connectivity index is 1.56. The number of rotatable bonds is 6. The lowest BCUT2D eigenvalue weighted by Gasteiger charge is -2.20. The zero-order chi connectivity index (χ0) is 19.8. The Morgan fingerprint density at radius 3 is 2.59 bits per heavy atom. The van der Waals surface area contributed by atoms with Crippen LogP contribution in [0.5, 0.6) is 5.75 Å². The van der Waals surface area contributed by atoms with Crippen molar-refractivity contribution in [2.45, 2.75) is 36.3 Å². The number of hydrogen-bond acceptors (Lipinski definition) is 6. The zero-order valence-electron chi connectivity index (χ0n) is 13.9. The second-order valence-corrected chi connectivity index (χ2v) is 8.06. The number of fused-ring (bicyclic) bond motifs is 1. The van der Waals surface area contributed by atoms with E-state index in [2.05, 4.69) is 9.72 Å². The van der Waals surface area contributed by atoms with E-state index in [-0.39, 0.29) is 36.5 Å². The molecule has 2 unspecified atom stereocenters. The molecule has 0 N–H and O–H groups in total. The fourth-order valence-corrected chi connectivity index (χ4v) is 4.04. The van der Waals surface area contributed by atoms with Crippen LogP contribution in [0.4, 0.5) is 19.0 Å². The van der Waals surface area contributed by atoms with Crippen LogP contribution >= 0.6 is 0 Å². The Morgan fingerprint density at radius 2 is 2.04 bits per heavy atom. The molecule has 0 saturated heterocycles. The van der Waals surface area contributed by atoms with Crippen molar-refractivity contribution in [2.24, 2.45) is 0 Å². The highest BCUT2D eigenvalue weighted by molar-refractivity contribution is 7.86. The Bertz CT molecular complexity index is 884. The molecule has 0 spiro atoms. The van der Waals surface area contributed by atoms with Crippen molar-refractivity contribution in [1.82, 2.24) is 9.55 Å². The molecular formula is C15H14F3N3O5S. The highest BCUT2D eigenvalue weighted by Gasteiger charge is 2.46. The molecule has 0 aliphatic carbocycles. The number of alkyl halides is 3. The Kier molecular flexibility index (Phi) is 4.95. The highest BCUT2D eigenvalue weighted by atomic mass is 32.2. The number of benzene rings is 1. The minimum absolute atomic E-state index is 0.0809. The van der Waals surface area contributed by atoms with Crippen LogP contribution in [-0.4, -0.2) is 36.4 Å². The molecule has 1 aliphatic rings. The quantitative estimate of drug-likeness (QED) is 0.542. The van der Waals surface area contributed by atoms with Crippen LogP contribution in [0.2, 0.25) is 0 Å². The van der Waals surface area contributed by atoms with Crippen molar-refractivity contribution < 1.29 is 31.8 Å². The molecule has 0 radical (unpaired) electrons. The minimum Gasteiger partial charge on any atom is -0.406 e. The summed E-state index contributed by atoms with van der Waals surface area (Å²) >= 11 is 0. The largest absolute Gasteiger partial charge is 0.573 e. The number of aromatic nitrogens is 2. The lowest BCUT2D eigenvalue weighted by molar-refractivity contribution is -0.389. The summed E-state index contributed by atoms with van der Waals surface area (Å²) in [6, 6.07) is 5.22. The summed E-state index contributed by atoms with van der Waals surface area (Å²) < 4.78 is 59.0. The molecule has 1 aliphatic heterocycles. The molecule has 1 aromatic carbocycles. The lowest BCUT2D eigenvalue weighted by Crippen LogP contribution is -2.35. The van der Waals surface area contributed by atoms with E-state index >= 15 is 0 Å². The summed E-state index contributed by atoms with van der Waals surface area (Å²) in [5, 5.41) is 10.9. The van der Waals surface area contributed by atoms with E-state index in [1.165, 1.54) is 35.0 Å². The molecule has 0 amide bonds. The summed E-state index contributed by atoms with van der Waals surface area (Å²) in [4.78, 5) is 13.9. The molecule has 2 heterocycles. The summed E-state index contributed by atoms with van der Waals surface area (Å²) in [7, 11) is -1.59. The van der Waals surface area contributed by atoms with Crippen molar-refractivity contribution >= 4 is 16.6 Å². The predicted molar refractivity (Wildman–Crippen MR) is 86.5 cm³/mol. The maximum absolute atomic E-state index is 12.6. The first-order valence-corrected chi connectivity index (χ1v) is 8.78. The van der Waals surface area contributed by atoms with Crippen LogP contribution < -0.4 is 4.74 Å². The summed E-state index contributed by atoms with van der Waals surface area (Å²) in [6.07, 6.45) is -3.52. The van der Waals surface area contributed by atoms with Crippen LogP contribution in [0.25, 0.3) is 0 Å². The number of nitro groups is 1. The third-order valence-corrected chi connectivity index (χ3v) is 5.67. The molecule has 27 heavy (non-hydrogen) atoms. The second-order valence-electron chi connectivity index (χ2n) is 6.17. The van der Waals surface area contributed by atoms with E-state index in [9.17, 15) is 27.5 Å². The Hall–Kier alpha value is -2.47. The standard InChI is InChI=1S/C15H14F3N3O5S/c1-14(8-20-6-12(21(22)23)19-13(20)27(14)24)9-25-7-10-2-4-11(5-3-10)26-15(16,17)18/h2-6H,7-9H2,1H3. The number of hydrogen-bond donors (Lipinski definition) is 0. The van der Waals surface area contributed by atoms with Crippen molar-refractivity contribution in [3.8, 4) is 5.75 Å². The minimum atomic E-state index is -4.75. The Labute approximate surface area is 153 Å². The van der Waals surface area contributed by atoms with E-state index in [1.807, 2.05) is 0 Å². The molecule has 0 fully saturated rings. The fourth-order valence-electron chi connectivity index (χ4n) is 2.65. The van der Waals surface area contributed by atoms with Crippen LogP contribution in [0.15, 0.2) is 35.6 Å². The summed E-state index contributed by atoms with van der Waals surface area (Å²) in [5.74, 6) is -0.690. The van der Waals surface area contributed by atoms with Gasteiger partial charge in [-0.1, -0.05) is 12.1 Å². The number of imidazole rings is 1. The average molecular weight is 405 g/mol. The first kappa shape index (κ1) is 19.3. The van der Waals surface area contributed by atoms with Gasteiger partial charge in [0.2, 0.25) is 0 Å². The van der Waals surface area contributed by atoms with E-state index in [0.717, 1.165) is 0 Å².